The first kappa shape index (κ1) is 20.5. The number of phenolic OH excluding ortho intramolecular Hbond substituents is 1. The van der Waals surface area contributed by atoms with E-state index in [2.05, 4.69) is 44.2 Å². The van der Waals surface area contributed by atoms with Crippen LogP contribution in [0.1, 0.15) is 76.0 Å². The van der Waals surface area contributed by atoms with Gasteiger partial charge < -0.3 is 9.84 Å². The molecule has 2 unspecified atom stereocenters. The zero-order chi connectivity index (χ0) is 18.6. The SMILES string of the molecule is CCCCCCCCC(OC(C)Cc1ccccc1O)c1ccccc1. The third-order valence-electron chi connectivity index (χ3n) is 4.89. The molecule has 0 saturated carbocycles. The second kappa shape index (κ2) is 11.7. The topological polar surface area (TPSA) is 29.5 Å². The Morgan fingerprint density at radius 3 is 2.23 bits per heavy atom. The summed E-state index contributed by atoms with van der Waals surface area (Å²) in [4.78, 5) is 0. The molecule has 0 aliphatic rings. The summed E-state index contributed by atoms with van der Waals surface area (Å²) in [5, 5.41) is 10.00. The van der Waals surface area contributed by atoms with Crippen LogP contribution in [0.3, 0.4) is 0 Å². The highest BCUT2D eigenvalue weighted by Gasteiger charge is 2.16. The highest BCUT2D eigenvalue weighted by atomic mass is 16.5. The zero-order valence-corrected chi connectivity index (χ0v) is 16.4. The van der Waals surface area contributed by atoms with Gasteiger partial charge in [-0.25, -0.2) is 0 Å². The Balaban J connectivity index is 1.90. The average Bonchev–Trinajstić information content (AvgIpc) is 2.66. The van der Waals surface area contributed by atoms with Gasteiger partial charge in [-0.05, 0) is 30.5 Å². The van der Waals surface area contributed by atoms with Crippen LogP contribution in [0.4, 0.5) is 0 Å². The number of aromatic hydroxyl groups is 1. The van der Waals surface area contributed by atoms with Crippen LogP contribution in [0, 0.1) is 0 Å². The largest absolute Gasteiger partial charge is 0.508 e. The molecule has 2 rings (SSSR count). The third-order valence-corrected chi connectivity index (χ3v) is 4.89. The molecule has 2 atom stereocenters. The molecule has 2 heteroatoms. The molecule has 2 nitrogen and oxygen atoms in total. The molecule has 0 bridgehead atoms. The highest BCUT2D eigenvalue weighted by Crippen LogP contribution is 2.27. The lowest BCUT2D eigenvalue weighted by atomic mass is 10.0. The standard InChI is InChI=1S/C24H34O2/c1-3-4-5-6-7-11-18-24(21-14-9-8-10-15-21)26-20(2)19-22-16-12-13-17-23(22)25/h8-10,12-17,20,24-25H,3-7,11,18-19H2,1-2H3. The van der Waals surface area contributed by atoms with Gasteiger partial charge in [0.2, 0.25) is 0 Å². The van der Waals surface area contributed by atoms with E-state index in [-0.39, 0.29) is 12.2 Å². The second-order valence-corrected chi connectivity index (χ2v) is 7.24. The summed E-state index contributed by atoms with van der Waals surface area (Å²) in [5.74, 6) is 0.357. The van der Waals surface area contributed by atoms with Gasteiger partial charge in [0.15, 0.2) is 0 Å². The van der Waals surface area contributed by atoms with E-state index in [9.17, 15) is 5.11 Å². The Morgan fingerprint density at radius 2 is 1.50 bits per heavy atom. The van der Waals surface area contributed by atoms with Crippen LogP contribution in [0.15, 0.2) is 54.6 Å². The molecule has 0 heterocycles. The zero-order valence-electron chi connectivity index (χ0n) is 16.4. The van der Waals surface area contributed by atoms with Crippen molar-refractivity contribution in [2.24, 2.45) is 0 Å². The fourth-order valence-corrected chi connectivity index (χ4v) is 3.41. The molecule has 0 aliphatic carbocycles. The Morgan fingerprint density at radius 1 is 0.846 bits per heavy atom. The molecular formula is C24H34O2. The van der Waals surface area contributed by atoms with Crippen molar-refractivity contribution in [3.05, 3.63) is 65.7 Å². The van der Waals surface area contributed by atoms with Crippen molar-refractivity contribution in [3.63, 3.8) is 0 Å². The van der Waals surface area contributed by atoms with Gasteiger partial charge >= 0.3 is 0 Å². The molecular weight excluding hydrogens is 320 g/mol. The van der Waals surface area contributed by atoms with Crippen molar-refractivity contribution in [1.82, 2.24) is 0 Å². The fourth-order valence-electron chi connectivity index (χ4n) is 3.41. The molecule has 26 heavy (non-hydrogen) atoms. The fraction of sp³-hybridized carbons (Fsp3) is 0.500. The summed E-state index contributed by atoms with van der Waals surface area (Å²) in [5.41, 5.74) is 2.21. The minimum absolute atomic E-state index is 0.0635. The second-order valence-electron chi connectivity index (χ2n) is 7.24. The molecule has 0 spiro atoms. The first-order valence-electron chi connectivity index (χ1n) is 10.2. The van der Waals surface area contributed by atoms with E-state index in [4.69, 9.17) is 4.74 Å². The molecule has 0 saturated heterocycles. The van der Waals surface area contributed by atoms with Crippen molar-refractivity contribution >= 4 is 0 Å². The smallest absolute Gasteiger partial charge is 0.118 e. The summed E-state index contributed by atoms with van der Waals surface area (Å²) in [6, 6.07) is 18.1. The normalized spacial score (nSPS) is 13.5. The van der Waals surface area contributed by atoms with Crippen LogP contribution in [-0.4, -0.2) is 11.2 Å². The Hall–Kier alpha value is -1.80. The van der Waals surface area contributed by atoms with Gasteiger partial charge in [-0.1, -0.05) is 94.0 Å². The van der Waals surface area contributed by atoms with Crippen molar-refractivity contribution < 1.29 is 9.84 Å². The third kappa shape index (κ3) is 7.21. The van der Waals surface area contributed by atoms with E-state index in [1.165, 1.54) is 44.1 Å². The van der Waals surface area contributed by atoms with Crippen LogP contribution >= 0.6 is 0 Å². The molecule has 0 amide bonds. The van der Waals surface area contributed by atoms with Crippen molar-refractivity contribution in [3.8, 4) is 5.75 Å². The predicted octanol–water partition coefficient (Wildman–Crippen LogP) is 6.83. The first-order valence-corrected chi connectivity index (χ1v) is 10.2. The van der Waals surface area contributed by atoms with E-state index in [0.717, 1.165) is 18.4 Å². The Kier molecular flexibility index (Phi) is 9.27. The average molecular weight is 355 g/mol. The summed E-state index contributed by atoms with van der Waals surface area (Å²) < 4.78 is 6.41. The van der Waals surface area contributed by atoms with Gasteiger partial charge in [-0.3, -0.25) is 0 Å². The number of ether oxygens (including phenoxy) is 1. The van der Waals surface area contributed by atoms with E-state index >= 15 is 0 Å². The van der Waals surface area contributed by atoms with Crippen LogP contribution in [0.5, 0.6) is 5.75 Å². The van der Waals surface area contributed by atoms with Crippen LogP contribution in [0.2, 0.25) is 0 Å². The first-order chi connectivity index (χ1) is 12.7. The molecule has 0 radical (unpaired) electrons. The van der Waals surface area contributed by atoms with Crippen molar-refractivity contribution in [2.45, 2.75) is 77.4 Å². The number of para-hydroxylation sites is 1. The number of hydrogen-bond donors (Lipinski definition) is 1. The summed E-state index contributed by atoms with van der Waals surface area (Å²) in [6.07, 6.45) is 9.76. The van der Waals surface area contributed by atoms with Gasteiger partial charge in [0, 0.05) is 6.42 Å². The number of rotatable bonds is 12. The lowest BCUT2D eigenvalue weighted by molar-refractivity contribution is -0.00920. The Bertz CT molecular complexity index is 609. The molecule has 0 aromatic heterocycles. The number of hydrogen-bond acceptors (Lipinski definition) is 2. The van der Waals surface area contributed by atoms with Gasteiger partial charge in [0.05, 0.1) is 12.2 Å². The predicted molar refractivity (Wildman–Crippen MR) is 110 cm³/mol. The van der Waals surface area contributed by atoms with Gasteiger partial charge in [-0.2, -0.15) is 0 Å². The lowest BCUT2D eigenvalue weighted by Crippen LogP contribution is -2.16. The lowest BCUT2D eigenvalue weighted by Gasteiger charge is -2.23. The van der Waals surface area contributed by atoms with Gasteiger partial charge in [0.25, 0.3) is 0 Å². The van der Waals surface area contributed by atoms with E-state index in [1.54, 1.807) is 6.07 Å². The summed E-state index contributed by atoms with van der Waals surface area (Å²) in [6.45, 7) is 4.36. The number of unbranched alkanes of at least 4 members (excludes halogenated alkanes) is 5. The van der Waals surface area contributed by atoms with E-state index in [1.807, 2.05) is 18.2 Å². The highest BCUT2D eigenvalue weighted by molar-refractivity contribution is 5.32. The molecule has 1 N–H and O–H groups in total. The molecule has 0 aliphatic heterocycles. The van der Waals surface area contributed by atoms with Crippen LogP contribution in [0.25, 0.3) is 0 Å². The van der Waals surface area contributed by atoms with Crippen molar-refractivity contribution in [1.29, 1.82) is 0 Å². The molecule has 2 aromatic rings. The minimum Gasteiger partial charge on any atom is -0.508 e. The number of phenols is 1. The molecule has 0 fully saturated rings. The number of benzene rings is 2. The van der Waals surface area contributed by atoms with Crippen LogP contribution in [-0.2, 0) is 11.2 Å². The van der Waals surface area contributed by atoms with Gasteiger partial charge in [-0.15, -0.1) is 0 Å². The molecule has 2 aromatic carbocycles. The maximum atomic E-state index is 10.00. The maximum Gasteiger partial charge on any atom is 0.118 e. The monoisotopic (exact) mass is 354 g/mol. The van der Waals surface area contributed by atoms with Crippen molar-refractivity contribution in [2.75, 3.05) is 0 Å². The van der Waals surface area contributed by atoms with E-state index < -0.39 is 0 Å². The quantitative estimate of drug-likeness (QED) is 0.423. The maximum absolute atomic E-state index is 10.00. The van der Waals surface area contributed by atoms with Crippen LogP contribution < -0.4 is 0 Å². The van der Waals surface area contributed by atoms with Gasteiger partial charge in [0.1, 0.15) is 5.75 Å². The summed E-state index contributed by atoms with van der Waals surface area (Å²) in [7, 11) is 0. The Labute approximate surface area is 159 Å². The minimum atomic E-state index is 0.0635. The van der Waals surface area contributed by atoms with E-state index in [0.29, 0.717) is 5.75 Å². The summed E-state index contributed by atoms with van der Waals surface area (Å²) >= 11 is 0. The molecule has 142 valence electrons.